The van der Waals surface area contributed by atoms with Crippen LogP contribution in [0.4, 0.5) is 0 Å². The van der Waals surface area contributed by atoms with Gasteiger partial charge in [0.15, 0.2) is 0 Å². The molecule has 0 N–H and O–H groups in total. The van der Waals surface area contributed by atoms with Crippen molar-refractivity contribution in [2.45, 2.75) is 44.6 Å². The summed E-state index contributed by atoms with van der Waals surface area (Å²) in [6.45, 7) is 4.53. The zero-order chi connectivity index (χ0) is 9.97. The molecule has 1 amide bonds. The topological polar surface area (TPSA) is 20.3 Å². The van der Waals surface area contributed by atoms with Gasteiger partial charge in [0.1, 0.15) is 0 Å². The highest BCUT2D eigenvalue weighted by molar-refractivity contribution is 5.87. The Bertz CT molecular complexity index is 230. The van der Waals surface area contributed by atoms with Crippen LogP contribution in [-0.4, -0.2) is 23.4 Å². The smallest absolute Gasteiger partial charge is 0.246 e. The van der Waals surface area contributed by atoms with E-state index in [0.717, 1.165) is 12.5 Å². The second kappa shape index (κ2) is 4.16. The number of hydrogen-bond acceptors (Lipinski definition) is 1. The summed E-state index contributed by atoms with van der Waals surface area (Å²) in [6.07, 6.45) is 9.23. The second-order valence-electron chi connectivity index (χ2n) is 4.49. The number of carbonyl (C=O) groups is 1. The summed E-state index contributed by atoms with van der Waals surface area (Å²) >= 11 is 0. The largest absolute Gasteiger partial charge is 0.336 e. The molecule has 0 bridgehead atoms. The summed E-state index contributed by atoms with van der Waals surface area (Å²) in [5.74, 6) is 0.917. The van der Waals surface area contributed by atoms with E-state index in [-0.39, 0.29) is 5.91 Å². The summed E-state index contributed by atoms with van der Waals surface area (Å²) in [4.78, 5) is 13.6. The van der Waals surface area contributed by atoms with Gasteiger partial charge in [-0.15, -0.1) is 0 Å². The maximum absolute atomic E-state index is 11.6. The van der Waals surface area contributed by atoms with Crippen LogP contribution in [0.15, 0.2) is 12.7 Å². The van der Waals surface area contributed by atoms with Crippen LogP contribution in [0.5, 0.6) is 0 Å². The standard InChI is InChI=1S/C12H19NO/c1-2-12(14)13-9-5-8-11(13)10-6-3-4-7-10/h2,10-11H,1,3-9H2. The third-order valence-electron chi connectivity index (χ3n) is 3.70. The molecule has 1 aliphatic heterocycles. The van der Waals surface area contributed by atoms with E-state index in [9.17, 15) is 4.79 Å². The molecular weight excluding hydrogens is 174 g/mol. The lowest BCUT2D eigenvalue weighted by Gasteiger charge is -2.28. The molecule has 0 aromatic heterocycles. The van der Waals surface area contributed by atoms with Crippen molar-refractivity contribution in [3.63, 3.8) is 0 Å². The first kappa shape index (κ1) is 9.75. The predicted octanol–water partition coefficient (Wildman–Crippen LogP) is 2.35. The van der Waals surface area contributed by atoms with Crippen molar-refractivity contribution in [3.8, 4) is 0 Å². The molecule has 1 saturated carbocycles. The number of nitrogens with zero attached hydrogens (tertiary/aromatic N) is 1. The lowest BCUT2D eigenvalue weighted by atomic mass is 9.96. The quantitative estimate of drug-likeness (QED) is 0.616. The third-order valence-corrected chi connectivity index (χ3v) is 3.70. The fraction of sp³-hybridized carbons (Fsp3) is 0.750. The maximum Gasteiger partial charge on any atom is 0.246 e. The molecule has 1 saturated heterocycles. The fourth-order valence-electron chi connectivity index (χ4n) is 3.02. The van der Waals surface area contributed by atoms with Gasteiger partial charge in [0.2, 0.25) is 5.91 Å². The molecule has 0 spiro atoms. The molecule has 1 atom stereocenters. The zero-order valence-electron chi connectivity index (χ0n) is 8.74. The van der Waals surface area contributed by atoms with Crippen molar-refractivity contribution < 1.29 is 4.79 Å². The molecule has 0 aromatic rings. The van der Waals surface area contributed by atoms with Gasteiger partial charge in [0, 0.05) is 12.6 Å². The molecule has 1 unspecified atom stereocenters. The molecular formula is C12H19NO. The Morgan fingerprint density at radius 2 is 1.93 bits per heavy atom. The molecule has 2 nitrogen and oxygen atoms in total. The first-order valence-electron chi connectivity index (χ1n) is 5.76. The number of amides is 1. The Balaban J connectivity index is 2.02. The average molecular weight is 193 g/mol. The zero-order valence-corrected chi connectivity index (χ0v) is 8.74. The van der Waals surface area contributed by atoms with Crippen LogP contribution in [0.25, 0.3) is 0 Å². The van der Waals surface area contributed by atoms with Crippen LogP contribution >= 0.6 is 0 Å². The van der Waals surface area contributed by atoms with Gasteiger partial charge >= 0.3 is 0 Å². The van der Waals surface area contributed by atoms with Crippen LogP contribution in [0.1, 0.15) is 38.5 Å². The van der Waals surface area contributed by atoms with E-state index < -0.39 is 0 Å². The van der Waals surface area contributed by atoms with Crippen molar-refractivity contribution in [1.29, 1.82) is 0 Å². The predicted molar refractivity (Wildman–Crippen MR) is 56.9 cm³/mol. The van der Waals surface area contributed by atoms with Crippen LogP contribution in [0.3, 0.4) is 0 Å². The van der Waals surface area contributed by atoms with E-state index in [1.165, 1.54) is 44.6 Å². The molecule has 14 heavy (non-hydrogen) atoms. The van der Waals surface area contributed by atoms with Gasteiger partial charge in [0.05, 0.1) is 0 Å². The Kier molecular flexibility index (Phi) is 2.90. The SMILES string of the molecule is C=CC(=O)N1CCCC1C1CCCC1. The normalized spacial score (nSPS) is 28.3. The molecule has 78 valence electrons. The minimum absolute atomic E-state index is 0.138. The van der Waals surface area contributed by atoms with E-state index in [4.69, 9.17) is 0 Å². The van der Waals surface area contributed by atoms with Gasteiger partial charge in [-0.3, -0.25) is 4.79 Å². The first-order chi connectivity index (χ1) is 6.83. The van der Waals surface area contributed by atoms with Crippen molar-refractivity contribution in [1.82, 2.24) is 4.90 Å². The summed E-state index contributed by atoms with van der Waals surface area (Å²) in [5.41, 5.74) is 0. The van der Waals surface area contributed by atoms with Crippen molar-refractivity contribution in [2.75, 3.05) is 6.54 Å². The minimum atomic E-state index is 0.138. The van der Waals surface area contributed by atoms with Gasteiger partial charge in [-0.05, 0) is 37.7 Å². The monoisotopic (exact) mass is 193 g/mol. The molecule has 1 heterocycles. The summed E-state index contributed by atoms with van der Waals surface area (Å²) < 4.78 is 0. The van der Waals surface area contributed by atoms with Crippen molar-refractivity contribution in [2.24, 2.45) is 5.92 Å². The minimum Gasteiger partial charge on any atom is -0.336 e. The number of carbonyl (C=O) groups excluding carboxylic acids is 1. The van der Waals surface area contributed by atoms with Gasteiger partial charge in [0.25, 0.3) is 0 Å². The Labute approximate surface area is 86.0 Å². The van der Waals surface area contributed by atoms with Crippen LogP contribution < -0.4 is 0 Å². The Morgan fingerprint density at radius 1 is 1.21 bits per heavy atom. The maximum atomic E-state index is 11.6. The van der Waals surface area contributed by atoms with Crippen LogP contribution in [0.2, 0.25) is 0 Å². The van der Waals surface area contributed by atoms with E-state index >= 15 is 0 Å². The number of rotatable bonds is 2. The van der Waals surface area contributed by atoms with Crippen molar-refractivity contribution in [3.05, 3.63) is 12.7 Å². The molecule has 2 rings (SSSR count). The van der Waals surface area contributed by atoms with Crippen LogP contribution in [-0.2, 0) is 4.79 Å². The lowest BCUT2D eigenvalue weighted by Crippen LogP contribution is -2.38. The highest BCUT2D eigenvalue weighted by atomic mass is 16.2. The Hall–Kier alpha value is -0.790. The highest BCUT2D eigenvalue weighted by Crippen LogP contribution is 2.35. The second-order valence-corrected chi connectivity index (χ2v) is 4.49. The van der Waals surface area contributed by atoms with Gasteiger partial charge in [-0.25, -0.2) is 0 Å². The lowest BCUT2D eigenvalue weighted by molar-refractivity contribution is -0.127. The molecule has 0 aromatic carbocycles. The van der Waals surface area contributed by atoms with Crippen LogP contribution in [0, 0.1) is 5.92 Å². The first-order valence-corrected chi connectivity index (χ1v) is 5.76. The Morgan fingerprint density at radius 3 is 2.57 bits per heavy atom. The van der Waals surface area contributed by atoms with E-state index in [0.29, 0.717) is 6.04 Å². The van der Waals surface area contributed by atoms with E-state index in [1.807, 2.05) is 4.90 Å². The van der Waals surface area contributed by atoms with Gasteiger partial charge in [-0.2, -0.15) is 0 Å². The van der Waals surface area contributed by atoms with Crippen molar-refractivity contribution >= 4 is 5.91 Å². The number of likely N-dealkylation sites (tertiary alicyclic amines) is 1. The molecule has 0 radical (unpaired) electrons. The molecule has 2 fully saturated rings. The average Bonchev–Trinajstić information content (AvgIpc) is 2.85. The molecule has 2 heteroatoms. The summed E-state index contributed by atoms with van der Waals surface area (Å²) in [5, 5.41) is 0. The van der Waals surface area contributed by atoms with E-state index in [1.54, 1.807) is 0 Å². The fourth-order valence-corrected chi connectivity index (χ4v) is 3.02. The van der Waals surface area contributed by atoms with Gasteiger partial charge < -0.3 is 4.90 Å². The van der Waals surface area contributed by atoms with E-state index in [2.05, 4.69) is 6.58 Å². The summed E-state index contributed by atoms with van der Waals surface area (Å²) in [7, 11) is 0. The summed E-state index contributed by atoms with van der Waals surface area (Å²) in [6, 6.07) is 0.531. The molecule has 1 aliphatic carbocycles. The third kappa shape index (κ3) is 1.70. The van der Waals surface area contributed by atoms with Gasteiger partial charge in [-0.1, -0.05) is 19.4 Å². The highest BCUT2D eigenvalue weighted by Gasteiger charge is 2.34. The molecule has 2 aliphatic rings. The number of hydrogen-bond donors (Lipinski definition) is 0.